The van der Waals surface area contributed by atoms with E-state index >= 15 is 0 Å². The number of rotatable bonds is 2. The predicted octanol–water partition coefficient (Wildman–Crippen LogP) is 4.55. The SMILES string of the molecule is CC1C2=C(C[C@@H]3CCN(C(=O)OC(C)(C)C)C[C@H]13)[N+](c1ccc(F)cc1)(N1CCOCC1)N=C2. The van der Waals surface area contributed by atoms with E-state index in [9.17, 15) is 9.18 Å². The molecular formula is C26H36FN4O3+. The monoisotopic (exact) mass is 471 g/mol. The van der Waals surface area contributed by atoms with Crippen LogP contribution in [0.15, 0.2) is 40.6 Å². The van der Waals surface area contributed by atoms with Crippen molar-refractivity contribution in [1.29, 1.82) is 0 Å². The second kappa shape index (κ2) is 8.73. The summed E-state index contributed by atoms with van der Waals surface area (Å²) in [7, 11) is 0. The van der Waals surface area contributed by atoms with Crippen LogP contribution in [0.2, 0.25) is 0 Å². The van der Waals surface area contributed by atoms with Crippen molar-refractivity contribution in [2.45, 2.75) is 46.1 Å². The van der Waals surface area contributed by atoms with Gasteiger partial charge in [-0.25, -0.2) is 9.18 Å². The van der Waals surface area contributed by atoms with Crippen LogP contribution in [0.1, 0.15) is 40.5 Å². The Hall–Kier alpha value is -2.29. The topological polar surface area (TPSA) is 54.4 Å². The van der Waals surface area contributed by atoms with Gasteiger partial charge in [-0.15, -0.1) is 5.01 Å². The van der Waals surface area contributed by atoms with Gasteiger partial charge >= 0.3 is 6.09 Å². The van der Waals surface area contributed by atoms with E-state index in [1.54, 1.807) is 0 Å². The zero-order valence-corrected chi connectivity index (χ0v) is 20.7. The van der Waals surface area contributed by atoms with Gasteiger partial charge in [0.2, 0.25) is 0 Å². The number of halogens is 1. The molecule has 1 aromatic rings. The van der Waals surface area contributed by atoms with Crippen LogP contribution in [0.25, 0.3) is 0 Å². The molecule has 0 aromatic heterocycles. The fourth-order valence-electron chi connectivity index (χ4n) is 6.04. The van der Waals surface area contributed by atoms with Gasteiger partial charge in [0.25, 0.3) is 0 Å². The van der Waals surface area contributed by atoms with Gasteiger partial charge in [-0.05, 0) is 57.1 Å². The molecule has 184 valence electrons. The number of benzene rings is 1. The van der Waals surface area contributed by atoms with E-state index in [4.69, 9.17) is 14.6 Å². The zero-order valence-electron chi connectivity index (χ0n) is 20.7. The Bertz CT molecular complexity index is 996. The second-order valence-electron chi connectivity index (χ2n) is 10.9. The molecule has 2 unspecified atom stereocenters. The molecular weight excluding hydrogens is 435 g/mol. The molecule has 1 aliphatic carbocycles. The van der Waals surface area contributed by atoms with Crippen molar-refractivity contribution in [3.8, 4) is 0 Å². The number of hydrogen-bond acceptors (Lipinski definition) is 5. The highest BCUT2D eigenvalue weighted by Crippen LogP contribution is 2.50. The van der Waals surface area contributed by atoms with E-state index in [-0.39, 0.29) is 17.8 Å². The molecule has 1 amide bonds. The highest BCUT2D eigenvalue weighted by Gasteiger charge is 2.54. The zero-order chi connectivity index (χ0) is 24.1. The van der Waals surface area contributed by atoms with E-state index < -0.39 is 5.60 Å². The number of fused-ring (bicyclic) bond motifs is 1. The summed E-state index contributed by atoms with van der Waals surface area (Å²) < 4.78 is 25.4. The molecule has 2 saturated heterocycles. The van der Waals surface area contributed by atoms with Crippen molar-refractivity contribution in [1.82, 2.24) is 14.6 Å². The summed E-state index contributed by atoms with van der Waals surface area (Å²) in [6.45, 7) is 12.3. The Balaban J connectivity index is 1.47. The van der Waals surface area contributed by atoms with Crippen molar-refractivity contribution < 1.29 is 18.7 Å². The Kier molecular flexibility index (Phi) is 6.02. The number of hydrogen-bond donors (Lipinski definition) is 0. The molecule has 4 atom stereocenters. The van der Waals surface area contributed by atoms with Gasteiger partial charge in [-0.3, -0.25) is 0 Å². The fourth-order valence-corrected chi connectivity index (χ4v) is 6.04. The first-order chi connectivity index (χ1) is 16.2. The molecule has 4 aliphatic rings. The van der Waals surface area contributed by atoms with E-state index in [1.165, 1.54) is 23.4 Å². The number of piperidine rings is 1. The first-order valence-electron chi connectivity index (χ1n) is 12.4. The van der Waals surface area contributed by atoms with E-state index in [2.05, 4.69) is 11.9 Å². The van der Waals surface area contributed by atoms with Crippen LogP contribution >= 0.6 is 0 Å². The maximum Gasteiger partial charge on any atom is 0.410 e. The summed E-state index contributed by atoms with van der Waals surface area (Å²) in [5.41, 5.74) is 3.00. The summed E-state index contributed by atoms with van der Waals surface area (Å²) in [6, 6.07) is 6.77. The van der Waals surface area contributed by atoms with Crippen molar-refractivity contribution in [3.63, 3.8) is 0 Å². The van der Waals surface area contributed by atoms with Crippen LogP contribution in [0.4, 0.5) is 14.9 Å². The summed E-state index contributed by atoms with van der Waals surface area (Å²) in [5.74, 6) is 0.856. The third-order valence-corrected chi connectivity index (χ3v) is 7.70. The first-order valence-corrected chi connectivity index (χ1v) is 12.4. The first kappa shape index (κ1) is 23.5. The van der Waals surface area contributed by atoms with Crippen LogP contribution in [-0.4, -0.2) is 67.2 Å². The lowest BCUT2D eigenvalue weighted by atomic mass is 9.68. The third kappa shape index (κ3) is 4.06. The number of amides is 1. The average molecular weight is 472 g/mol. The van der Waals surface area contributed by atoms with Crippen LogP contribution in [-0.2, 0) is 9.47 Å². The quantitative estimate of drug-likeness (QED) is 0.594. The highest BCUT2D eigenvalue weighted by atomic mass is 19.1. The van der Waals surface area contributed by atoms with Crippen molar-refractivity contribution in [2.24, 2.45) is 22.9 Å². The van der Waals surface area contributed by atoms with Gasteiger partial charge in [0.1, 0.15) is 11.4 Å². The van der Waals surface area contributed by atoms with Crippen molar-refractivity contribution in [3.05, 3.63) is 41.4 Å². The van der Waals surface area contributed by atoms with Crippen molar-refractivity contribution in [2.75, 3.05) is 39.4 Å². The lowest BCUT2D eigenvalue weighted by Gasteiger charge is -2.47. The fraction of sp³-hybridized carbons (Fsp3) is 0.615. The third-order valence-electron chi connectivity index (χ3n) is 7.70. The molecule has 8 heteroatoms. The number of carbonyl (C=O) groups is 1. The van der Waals surface area contributed by atoms with Crippen LogP contribution in [0.5, 0.6) is 0 Å². The Labute approximate surface area is 201 Å². The number of allylic oxidation sites excluding steroid dienone is 2. The number of nitrogens with zero attached hydrogens (tertiary/aromatic N) is 4. The van der Waals surface area contributed by atoms with Crippen LogP contribution in [0.3, 0.4) is 0 Å². The Morgan fingerprint density at radius 2 is 1.88 bits per heavy atom. The second-order valence-corrected chi connectivity index (χ2v) is 10.9. The van der Waals surface area contributed by atoms with Gasteiger partial charge in [0.05, 0.1) is 32.5 Å². The Morgan fingerprint density at radius 3 is 2.56 bits per heavy atom. The summed E-state index contributed by atoms with van der Waals surface area (Å²) in [5, 5.41) is 7.47. The number of likely N-dealkylation sites (tertiary alicyclic amines) is 1. The molecule has 3 heterocycles. The molecule has 0 spiro atoms. The maximum atomic E-state index is 13.8. The highest BCUT2D eigenvalue weighted by molar-refractivity contribution is 5.85. The number of morpholine rings is 1. The molecule has 3 aliphatic heterocycles. The minimum atomic E-state index is -0.496. The summed E-state index contributed by atoms with van der Waals surface area (Å²) in [4.78, 5) is 14.6. The number of quaternary nitrogens is 1. The molecule has 0 N–H and O–H groups in total. The van der Waals surface area contributed by atoms with E-state index in [1.807, 2.05) is 44.0 Å². The maximum absolute atomic E-state index is 13.8. The standard InChI is InChI=1S/C26H36FN4O3/c1-18-22-16-28-31(30-11-13-33-14-12-30,21-7-5-20(27)6-8-21)24(22)15-19-9-10-29(17-23(18)19)25(32)34-26(2,3)4/h5-8,16,18-19,23H,9-15,17H2,1-4H3/q+1/t18?,19-,23+,31?/m0/s1. The molecule has 2 fully saturated rings. The lowest BCUT2D eigenvalue weighted by molar-refractivity contribution is -0.0685. The molecule has 0 saturated carbocycles. The molecule has 1 aromatic carbocycles. The molecule has 0 bridgehead atoms. The van der Waals surface area contributed by atoms with Crippen molar-refractivity contribution >= 4 is 18.0 Å². The Morgan fingerprint density at radius 1 is 1.18 bits per heavy atom. The number of carbonyl (C=O) groups excluding carboxylic acids is 1. The van der Waals surface area contributed by atoms with E-state index in [0.29, 0.717) is 42.8 Å². The van der Waals surface area contributed by atoms with Gasteiger partial charge in [-0.2, -0.15) is 0 Å². The van der Waals surface area contributed by atoms with Crippen LogP contribution < -0.4 is 4.70 Å². The normalized spacial score (nSPS) is 31.9. The smallest absolute Gasteiger partial charge is 0.410 e. The summed E-state index contributed by atoms with van der Waals surface area (Å²) >= 11 is 0. The average Bonchev–Trinajstić information content (AvgIpc) is 3.19. The predicted molar refractivity (Wildman–Crippen MR) is 129 cm³/mol. The van der Waals surface area contributed by atoms with Gasteiger partial charge < -0.3 is 14.4 Å². The summed E-state index contributed by atoms with van der Waals surface area (Å²) in [6.07, 6.45) is 3.67. The lowest BCUT2D eigenvalue weighted by Crippen LogP contribution is -2.61. The van der Waals surface area contributed by atoms with Gasteiger partial charge in [0, 0.05) is 37.2 Å². The largest absolute Gasteiger partial charge is 0.444 e. The molecule has 34 heavy (non-hydrogen) atoms. The van der Waals surface area contributed by atoms with Crippen LogP contribution in [0, 0.1) is 23.6 Å². The molecule has 0 radical (unpaired) electrons. The van der Waals surface area contributed by atoms with Gasteiger partial charge in [0.15, 0.2) is 11.4 Å². The number of ether oxygens (including phenoxy) is 2. The minimum Gasteiger partial charge on any atom is -0.444 e. The van der Waals surface area contributed by atoms with Gasteiger partial charge in [-0.1, -0.05) is 16.7 Å². The molecule has 7 nitrogen and oxygen atoms in total. The molecule has 5 rings (SSSR count). The minimum absolute atomic E-state index is 0.220. The van der Waals surface area contributed by atoms with E-state index in [0.717, 1.165) is 31.6 Å².